The Morgan fingerprint density at radius 3 is 2.71 bits per heavy atom. The molecule has 2 aromatic rings. The number of hydrogen-bond acceptors (Lipinski definition) is 4. The van der Waals surface area contributed by atoms with E-state index in [9.17, 15) is 22.8 Å². The highest BCUT2D eigenvalue weighted by Crippen LogP contribution is 2.37. The standard InChI is InChI=1S/C14H14F3N5O2/c1-7-4-8(7)5-18-13(24)9-6-19-22(12(9)14(15,16)17)10-2-3-11(23)21-20-10/h2-3,6-8H,4-5H2,1H3,(H,18,24)(H,21,23)/t7-,8+/m1/s1. The number of H-pyrrole nitrogens is 1. The molecule has 24 heavy (non-hydrogen) atoms. The van der Waals surface area contributed by atoms with Gasteiger partial charge in [-0.3, -0.25) is 9.59 Å². The minimum atomic E-state index is -4.81. The summed E-state index contributed by atoms with van der Waals surface area (Å²) in [4.78, 5) is 23.1. The Kier molecular flexibility index (Phi) is 3.90. The van der Waals surface area contributed by atoms with Gasteiger partial charge in [-0.1, -0.05) is 6.92 Å². The Morgan fingerprint density at radius 1 is 1.46 bits per heavy atom. The molecule has 0 radical (unpaired) electrons. The van der Waals surface area contributed by atoms with Gasteiger partial charge in [0.05, 0.1) is 11.8 Å². The van der Waals surface area contributed by atoms with Gasteiger partial charge in [0.25, 0.3) is 11.5 Å². The number of hydrogen-bond donors (Lipinski definition) is 2. The third-order valence-corrected chi connectivity index (χ3v) is 3.96. The molecule has 2 aromatic heterocycles. The van der Waals surface area contributed by atoms with Crippen LogP contribution in [0.5, 0.6) is 0 Å². The van der Waals surface area contributed by atoms with E-state index in [4.69, 9.17) is 0 Å². The van der Waals surface area contributed by atoms with Crippen LogP contribution < -0.4 is 10.9 Å². The molecule has 2 heterocycles. The van der Waals surface area contributed by atoms with Gasteiger partial charge in [0.2, 0.25) is 0 Å². The predicted molar refractivity (Wildman–Crippen MR) is 76.6 cm³/mol. The highest BCUT2D eigenvalue weighted by molar-refractivity contribution is 5.95. The van der Waals surface area contributed by atoms with Crippen LogP contribution in [0.15, 0.2) is 23.1 Å². The van der Waals surface area contributed by atoms with Crippen molar-refractivity contribution in [2.75, 3.05) is 6.54 Å². The van der Waals surface area contributed by atoms with Crippen molar-refractivity contribution in [3.05, 3.63) is 39.9 Å². The molecule has 0 bridgehead atoms. The van der Waals surface area contributed by atoms with Crippen LogP contribution in [0, 0.1) is 11.8 Å². The fourth-order valence-corrected chi connectivity index (χ4v) is 2.42. The Labute approximate surface area is 133 Å². The van der Waals surface area contributed by atoms with Crippen molar-refractivity contribution in [2.45, 2.75) is 19.5 Å². The number of amides is 1. The average Bonchev–Trinajstić information content (AvgIpc) is 3.03. The van der Waals surface area contributed by atoms with Crippen molar-refractivity contribution in [3.8, 4) is 5.82 Å². The quantitative estimate of drug-likeness (QED) is 0.878. The summed E-state index contributed by atoms with van der Waals surface area (Å²) >= 11 is 0. The second-order valence-electron chi connectivity index (χ2n) is 5.78. The molecule has 3 rings (SSSR count). The van der Waals surface area contributed by atoms with E-state index in [0.717, 1.165) is 24.8 Å². The first-order chi connectivity index (χ1) is 11.3. The smallest absolute Gasteiger partial charge is 0.352 e. The Morgan fingerprint density at radius 2 is 2.17 bits per heavy atom. The number of aromatic amines is 1. The van der Waals surface area contributed by atoms with Crippen molar-refractivity contribution in [2.24, 2.45) is 11.8 Å². The fraction of sp³-hybridized carbons (Fsp3) is 0.429. The third-order valence-electron chi connectivity index (χ3n) is 3.96. The summed E-state index contributed by atoms with van der Waals surface area (Å²) in [6.45, 7) is 2.34. The lowest BCUT2D eigenvalue weighted by Crippen LogP contribution is -2.28. The SMILES string of the molecule is C[C@@H]1C[C@H]1CNC(=O)c1cnn(-c2ccc(=O)[nH]n2)c1C(F)(F)F. The zero-order valence-electron chi connectivity index (χ0n) is 12.6. The number of carbonyl (C=O) groups excluding carboxylic acids is 1. The second kappa shape index (κ2) is 5.77. The molecule has 2 N–H and O–H groups in total. The van der Waals surface area contributed by atoms with Crippen molar-refractivity contribution in [1.82, 2.24) is 25.3 Å². The number of rotatable bonds is 4. The van der Waals surface area contributed by atoms with Gasteiger partial charge in [0, 0.05) is 12.6 Å². The summed E-state index contributed by atoms with van der Waals surface area (Å²) in [6, 6.07) is 2.12. The van der Waals surface area contributed by atoms with Crippen LogP contribution in [-0.2, 0) is 6.18 Å². The Hall–Kier alpha value is -2.65. The Bertz CT molecular complexity index is 806. The van der Waals surface area contributed by atoms with Crippen LogP contribution in [0.4, 0.5) is 13.2 Å². The fourth-order valence-electron chi connectivity index (χ4n) is 2.42. The first-order valence-electron chi connectivity index (χ1n) is 7.27. The van der Waals surface area contributed by atoms with Crippen molar-refractivity contribution < 1.29 is 18.0 Å². The molecular weight excluding hydrogens is 327 g/mol. The molecule has 2 atom stereocenters. The number of aromatic nitrogens is 4. The maximum Gasteiger partial charge on any atom is 0.434 e. The van der Waals surface area contributed by atoms with E-state index in [-0.39, 0.29) is 5.82 Å². The number of alkyl halides is 3. The summed E-state index contributed by atoms with van der Waals surface area (Å²) in [5.41, 5.74) is -2.37. The van der Waals surface area contributed by atoms with Crippen LogP contribution in [0.1, 0.15) is 29.4 Å². The lowest BCUT2D eigenvalue weighted by molar-refractivity contribution is -0.143. The molecular formula is C14H14F3N5O2. The molecule has 0 aliphatic heterocycles. The van der Waals surface area contributed by atoms with Gasteiger partial charge in [-0.05, 0) is 24.3 Å². The molecule has 1 aliphatic carbocycles. The van der Waals surface area contributed by atoms with Crippen molar-refractivity contribution >= 4 is 5.91 Å². The minimum absolute atomic E-state index is 0.239. The highest BCUT2D eigenvalue weighted by Gasteiger charge is 2.41. The largest absolute Gasteiger partial charge is 0.434 e. The molecule has 10 heteroatoms. The third kappa shape index (κ3) is 3.17. The molecule has 1 amide bonds. The second-order valence-corrected chi connectivity index (χ2v) is 5.78. The van der Waals surface area contributed by atoms with E-state index < -0.39 is 28.9 Å². The van der Waals surface area contributed by atoms with Gasteiger partial charge in [0.1, 0.15) is 0 Å². The maximum atomic E-state index is 13.4. The topological polar surface area (TPSA) is 92.7 Å². The first-order valence-corrected chi connectivity index (χ1v) is 7.27. The van der Waals surface area contributed by atoms with Crippen molar-refractivity contribution in [1.29, 1.82) is 0 Å². The van der Waals surface area contributed by atoms with E-state index in [2.05, 4.69) is 15.5 Å². The van der Waals surface area contributed by atoms with Crippen LogP contribution in [0.25, 0.3) is 5.82 Å². The monoisotopic (exact) mass is 341 g/mol. The zero-order chi connectivity index (χ0) is 17.5. The van der Waals surface area contributed by atoms with Gasteiger partial charge in [-0.25, -0.2) is 9.78 Å². The number of halogens is 3. The lowest BCUT2D eigenvalue weighted by Gasteiger charge is -2.12. The molecule has 1 aliphatic rings. The normalized spacial score (nSPS) is 20.0. The molecule has 1 fully saturated rings. The first kappa shape index (κ1) is 16.2. The van der Waals surface area contributed by atoms with Gasteiger partial charge in [-0.2, -0.15) is 23.4 Å². The molecule has 1 saturated carbocycles. The number of nitrogens with zero attached hydrogens (tertiary/aromatic N) is 3. The minimum Gasteiger partial charge on any atom is -0.352 e. The summed E-state index contributed by atoms with van der Waals surface area (Å²) in [5, 5.41) is 11.7. The molecule has 0 aromatic carbocycles. The van der Waals surface area contributed by atoms with Crippen LogP contribution in [-0.4, -0.2) is 32.4 Å². The predicted octanol–water partition coefficient (Wildman–Crippen LogP) is 1.36. The summed E-state index contributed by atoms with van der Waals surface area (Å²) in [6.07, 6.45) is -3.01. The molecule has 0 unspecified atom stereocenters. The van der Waals surface area contributed by atoms with Crippen LogP contribution >= 0.6 is 0 Å². The van der Waals surface area contributed by atoms with E-state index in [1.54, 1.807) is 0 Å². The summed E-state index contributed by atoms with van der Waals surface area (Å²) < 4.78 is 40.7. The van der Waals surface area contributed by atoms with Crippen LogP contribution in [0.2, 0.25) is 0 Å². The molecule has 0 saturated heterocycles. The summed E-state index contributed by atoms with van der Waals surface area (Å²) in [7, 11) is 0. The van der Waals surface area contributed by atoms with Crippen molar-refractivity contribution in [3.63, 3.8) is 0 Å². The van der Waals surface area contributed by atoms with E-state index >= 15 is 0 Å². The van der Waals surface area contributed by atoms with Gasteiger partial charge in [-0.15, -0.1) is 0 Å². The zero-order valence-corrected chi connectivity index (χ0v) is 12.6. The molecule has 7 nitrogen and oxygen atoms in total. The Balaban J connectivity index is 1.93. The number of nitrogens with one attached hydrogen (secondary N) is 2. The van der Waals surface area contributed by atoms with Crippen LogP contribution in [0.3, 0.4) is 0 Å². The number of carbonyl (C=O) groups is 1. The van der Waals surface area contributed by atoms with Gasteiger partial charge in [0.15, 0.2) is 11.5 Å². The molecule has 0 spiro atoms. The van der Waals surface area contributed by atoms with Gasteiger partial charge < -0.3 is 5.32 Å². The summed E-state index contributed by atoms with van der Waals surface area (Å²) in [5.74, 6) is -0.298. The van der Waals surface area contributed by atoms with E-state index in [1.165, 1.54) is 0 Å². The average molecular weight is 341 g/mol. The maximum absolute atomic E-state index is 13.4. The van der Waals surface area contributed by atoms with E-state index in [0.29, 0.717) is 23.1 Å². The van der Waals surface area contributed by atoms with E-state index in [1.807, 2.05) is 12.0 Å². The van der Waals surface area contributed by atoms with Gasteiger partial charge >= 0.3 is 6.18 Å². The highest BCUT2D eigenvalue weighted by atomic mass is 19.4. The molecule has 128 valence electrons. The lowest BCUT2D eigenvalue weighted by atomic mass is 10.2.